The summed E-state index contributed by atoms with van der Waals surface area (Å²) in [7, 11) is 0. The molecular weight excluding hydrogens is 391 g/mol. The van der Waals surface area contributed by atoms with Crippen molar-refractivity contribution in [3.05, 3.63) is 77.4 Å². The fourth-order valence-corrected chi connectivity index (χ4v) is 2.98. The average molecular weight is 418 g/mol. The lowest BCUT2D eigenvalue weighted by atomic mass is 9.80. The van der Waals surface area contributed by atoms with Gasteiger partial charge in [0.25, 0.3) is 0 Å². The van der Waals surface area contributed by atoms with Gasteiger partial charge in [-0.1, -0.05) is 103 Å². The van der Waals surface area contributed by atoms with Gasteiger partial charge in [-0.15, -0.1) is 0 Å². The second-order valence-corrected chi connectivity index (χ2v) is 10.4. The Bertz CT molecular complexity index is 628. The van der Waals surface area contributed by atoms with Crippen molar-refractivity contribution in [2.24, 2.45) is 5.41 Å². The van der Waals surface area contributed by atoms with Crippen LogP contribution in [0.2, 0.25) is 0 Å². The molecule has 0 atom stereocenters. The molecule has 0 spiro atoms. The third-order valence-electron chi connectivity index (χ3n) is 3.86. The summed E-state index contributed by atoms with van der Waals surface area (Å²) < 4.78 is 0.202. The molecule has 2 aromatic carbocycles. The predicted octanol–water partition coefficient (Wildman–Crippen LogP) is 6.72. The number of benzene rings is 2. The Hall–Kier alpha value is -1.09. The molecule has 0 aliphatic rings. The first kappa shape index (κ1) is 18.3. The second-order valence-electron chi connectivity index (χ2n) is 7.64. The first-order chi connectivity index (χ1) is 10.7. The molecule has 122 valence electrons. The maximum atomic E-state index is 2.45. The van der Waals surface area contributed by atoms with Gasteiger partial charge in [0.05, 0.1) is 0 Å². The molecule has 0 saturated heterocycles. The molecule has 0 aliphatic carbocycles. The Morgan fingerprint density at radius 2 is 1.30 bits per heavy atom. The molecule has 23 heavy (non-hydrogen) atoms. The van der Waals surface area contributed by atoms with Gasteiger partial charge in [0.2, 0.25) is 0 Å². The van der Waals surface area contributed by atoms with Gasteiger partial charge in [-0.25, -0.2) is 0 Å². The predicted molar refractivity (Wildman–Crippen MR) is 111 cm³/mol. The van der Waals surface area contributed by atoms with Crippen LogP contribution in [0.5, 0.6) is 0 Å². The number of rotatable bonds is 6. The molecule has 0 bridgehead atoms. The van der Waals surface area contributed by atoms with E-state index in [1.165, 1.54) is 16.7 Å². The van der Waals surface area contributed by atoms with Gasteiger partial charge >= 0.3 is 0 Å². The van der Waals surface area contributed by atoms with Gasteiger partial charge in [-0.2, -0.15) is 0 Å². The molecule has 0 unspecified atom stereocenters. The zero-order valence-electron chi connectivity index (χ0n) is 14.6. The summed E-state index contributed by atoms with van der Waals surface area (Å²) >= 11 is 2.45. The van der Waals surface area contributed by atoms with E-state index in [2.05, 4.69) is 117 Å². The van der Waals surface area contributed by atoms with Crippen molar-refractivity contribution in [3.63, 3.8) is 0 Å². The molecule has 2 rings (SSSR count). The molecule has 0 heterocycles. The van der Waals surface area contributed by atoms with Crippen LogP contribution in [0, 0.1) is 5.41 Å². The van der Waals surface area contributed by atoms with E-state index >= 15 is 0 Å². The maximum Gasteiger partial charge on any atom is 0.0347 e. The van der Waals surface area contributed by atoms with Gasteiger partial charge in [-0.05, 0) is 48.8 Å². The second kappa shape index (κ2) is 7.65. The molecule has 0 aliphatic heterocycles. The van der Waals surface area contributed by atoms with Crippen molar-refractivity contribution in [2.75, 3.05) is 0 Å². The van der Waals surface area contributed by atoms with Crippen LogP contribution in [-0.2, 0) is 12.8 Å². The highest BCUT2D eigenvalue weighted by molar-refractivity contribution is 14.1. The van der Waals surface area contributed by atoms with E-state index in [4.69, 9.17) is 0 Å². The van der Waals surface area contributed by atoms with E-state index in [9.17, 15) is 0 Å². The third-order valence-corrected chi connectivity index (χ3v) is 4.22. The fourth-order valence-electron chi connectivity index (χ4n) is 2.80. The summed E-state index contributed by atoms with van der Waals surface area (Å²) in [6.07, 6.45) is 6.68. The van der Waals surface area contributed by atoms with Crippen molar-refractivity contribution < 1.29 is 0 Å². The Balaban J connectivity index is 2.01. The Morgan fingerprint density at radius 1 is 0.783 bits per heavy atom. The smallest absolute Gasteiger partial charge is 0.0347 e. The van der Waals surface area contributed by atoms with Crippen LogP contribution >= 0.6 is 22.6 Å². The van der Waals surface area contributed by atoms with Gasteiger partial charge in [-0.3, -0.25) is 0 Å². The topological polar surface area (TPSA) is 0 Å². The standard InChI is InChI=1S/C22H27I/c1-21(2,16-19-8-6-5-7-9-19)17-20-12-10-18(11-13-20)14-15-22(3,4)23/h5-15H,16-17H2,1-4H3/b15-14+. The zero-order chi connectivity index (χ0) is 16.9. The summed E-state index contributed by atoms with van der Waals surface area (Å²) in [4.78, 5) is 0. The zero-order valence-corrected chi connectivity index (χ0v) is 16.8. The van der Waals surface area contributed by atoms with Crippen LogP contribution < -0.4 is 0 Å². The van der Waals surface area contributed by atoms with E-state index in [-0.39, 0.29) is 8.84 Å². The minimum Gasteiger partial charge on any atom is -0.0749 e. The minimum absolute atomic E-state index is 0.202. The van der Waals surface area contributed by atoms with Crippen LogP contribution in [0.25, 0.3) is 6.08 Å². The summed E-state index contributed by atoms with van der Waals surface area (Å²) in [6, 6.07) is 19.8. The highest BCUT2D eigenvalue weighted by atomic mass is 127. The van der Waals surface area contributed by atoms with Gasteiger partial charge in [0.15, 0.2) is 0 Å². The highest BCUT2D eigenvalue weighted by Crippen LogP contribution is 2.27. The molecule has 0 fully saturated rings. The Morgan fingerprint density at radius 3 is 1.83 bits per heavy atom. The number of hydrogen-bond acceptors (Lipinski definition) is 0. The summed E-state index contributed by atoms with van der Waals surface area (Å²) in [5.74, 6) is 0. The van der Waals surface area contributed by atoms with Gasteiger partial charge in [0.1, 0.15) is 0 Å². The molecular formula is C22H27I. The van der Waals surface area contributed by atoms with E-state index < -0.39 is 0 Å². The van der Waals surface area contributed by atoms with E-state index in [0.717, 1.165) is 12.8 Å². The molecule has 0 N–H and O–H groups in total. The maximum absolute atomic E-state index is 2.45. The van der Waals surface area contributed by atoms with Crippen molar-refractivity contribution in [1.29, 1.82) is 0 Å². The molecule has 0 amide bonds. The highest BCUT2D eigenvalue weighted by Gasteiger charge is 2.19. The van der Waals surface area contributed by atoms with Crippen molar-refractivity contribution in [2.45, 2.75) is 44.0 Å². The average Bonchev–Trinajstić information content (AvgIpc) is 2.46. The molecule has 0 aromatic heterocycles. The van der Waals surface area contributed by atoms with Crippen molar-refractivity contribution in [1.82, 2.24) is 0 Å². The van der Waals surface area contributed by atoms with Crippen molar-refractivity contribution in [3.8, 4) is 0 Å². The summed E-state index contributed by atoms with van der Waals surface area (Å²) in [5, 5.41) is 0. The number of halogens is 1. The molecule has 0 saturated carbocycles. The van der Waals surface area contributed by atoms with Crippen LogP contribution in [-0.4, -0.2) is 3.42 Å². The summed E-state index contributed by atoms with van der Waals surface area (Å²) in [6.45, 7) is 9.13. The SMILES string of the molecule is CC(C)(I)/C=C/c1ccc(CC(C)(C)Cc2ccccc2)cc1. The Labute approximate surface area is 155 Å². The molecule has 0 nitrogen and oxygen atoms in total. The first-order valence-corrected chi connectivity index (χ1v) is 9.32. The first-order valence-electron chi connectivity index (χ1n) is 8.25. The van der Waals surface area contributed by atoms with Crippen LogP contribution in [0.4, 0.5) is 0 Å². The lowest BCUT2D eigenvalue weighted by molar-refractivity contribution is 0.361. The van der Waals surface area contributed by atoms with Crippen LogP contribution in [0.3, 0.4) is 0 Å². The summed E-state index contributed by atoms with van der Waals surface area (Å²) in [5.41, 5.74) is 4.38. The van der Waals surface area contributed by atoms with E-state index in [1.54, 1.807) is 0 Å². The van der Waals surface area contributed by atoms with E-state index in [0.29, 0.717) is 0 Å². The normalized spacial score (nSPS) is 12.7. The van der Waals surface area contributed by atoms with Gasteiger partial charge in [0, 0.05) is 3.42 Å². The fraction of sp³-hybridized carbons (Fsp3) is 0.364. The van der Waals surface area contributed by atoms with Gasteiger partial charge < -0.3 is 0 Å². The van der Waals surface area contributed by atoms with Crippen LogP contribution in [0.15, 0.2) is 60.7 Å². The Kier molecular flexibility index (Phi) is 6.07. The third kappa shape index (κ3) is 6.90. The lowest BCUT2D eigenvalue weighted by Crippen LogP contribution is -2.18. The molecule has 2 aromatic rings. The monoisotopic (exact) mass is 418 g/mol. The largest absolute Gasteiger partial charge is 0.0749 e. The van der Waals surface area contributed by atoms with Crippen molar-refractivity contribution >= 4 is 28.7 Å². The number of alkyl halides is 1. The molecule has 0 radical (unpaired) electrons. The number of allylic oxidation sites excluding steroid dienone is 1. The quantitative estimate of drug-likeness (QED) is 0.361. The molecule has 1 heteroatoms. The van der Waals surface area contributed by atoms with Crippen LogP contribution in [0.1, 0.15) is 44.4 Å². The van der Waals surface area contributed by atoms with E-state index in [1.807, 2.05) is 0 Å². The minimum atomic E-state index is 0.202. The lowest BCUT2D eigenvalue weighted by Gasteiger charge is -2.25. The number of hydrogen-bond donors (Lipinski definition) is 0.